The van der Waals surface area contributed by atoms with Gasteiger partial charge in [-0.3, -0.25) is 14.5 Å². The van der Waals surface area contributed by atoms with Gasteiger partial charge in [-0.25, -0.2) is 0 Å². The zero-order valence-electron chi connectivity index (χ0n) is 8.27. The first-order valence-corrected chi connectivity index (χ1v) is 4.72. The molecule has 2 heterocycles. The van der Waals surface area contributed by atoms with Crippen molar-refractivity contribution in [1.29, 1.82) is 0 Å². The predicted molar refractivity (Wildman–Crippen MR) is 50.9 cm³/mol. The number of carbonyl (C=O) groups excluding carboxylic acids is 2. The number of nitrogens with one attached hydrogen (secondary N) is 1. The smallest absolute Gasteiger partial charge is 0.252 e. The van der Waals surface area contributed by atoms with E-state index in [1.54, 1.807) is 6.92 Å². The molecule has 1 aliphatic heterocycles. The van der Waals surface area contributed by atoms with Crippen molar-refractivity contribution >= 4 is 17.5 Å². The summed E-state index contributed by atoms with van der Waals surface area (Å²) in [5.41, 5.74) is 0.610. The minimum Gasteiger partial charge on any atom is -0.369 e. The van der Waals surface area contributed by atoms with Crippen molar-refractivity contribution in [2.45, 2.75) is 19.4 Å². The lowest BCUT2D eigenvalue weighted by atomic mass is 10.2. The molecule has 2 rings (SSSR count). The molecule has 1 unspecified atom stereocenters. The van der Waals surface area contributed by atoms with Crippen molar-refractivity contribution in [3.8, 4) is 0 Å². The van der Waals surface area contributed by atoms with E-state index >= 15 is 0 Å². The maximum Gasteiger partial charge on any atom is 0.252 e. The molecule has 0 aliphatic carbocycles. The van der Waals surface area contributed by atoms with Gasteiger partial charge in [-0.15, -0.1) is 0 Å². The van der Waals surface area contributed by atoms with Crippen molar-refractivity contribution in [2.24, 2.45) is 0 Å². The van der Waals surface area contributed by atoms with Gasteiger partial charge in [-0.05, 0) is 6.92 Å². The van der Waals surface area contributed by atoms with E-state index in [2.05, 4.69) is 15.0 Å². The molecular weight excluding hydrogens is 198 g/mol. The van der Waals surface area contributed by atoms with Crippen LogP contribution in [0, 0.1) is 0 Å². The molecule has 0 bridgehead atoms. The number of hydrogen-bond acceptors (Lipinski definition) is 5. The largest absolute Gasteiger partial charge is 0.369 e. The van der Waals surface area contributed by atoms with Crippen LogP contribution in [0.2, 0.25) is 0 Å². The van der Waals surface area contributed by atoms with E-state index in [1.165, 1.54) is 17.4 Å². The Morgan fingerprint density at radius 3 is 3.00 bits per heavy atom. The first-order valence-electron chi connectivity index (χ1n) is 4.72. The Labute approximate surface area is 86.2 Å². The highest BCUT2D eigenvalue weighted by Crippen LogP contribution is 2.17. The molecule has 6 nitrogen and oxygen atoms in total. The molecule has 0 aromatic carbocycles. The number of rotatable bonds is 3. The highest BCUT2D eigenvalue weighted by molar-refractivity contribution is 6.06. The minimum atomic E-state index is -0.489. The lowest BCUT2D eigenvalue weighted by molar-refractivity contribution is -0.138. The molecule has 15 heavy (non-hydrogen) atoms. The van der Waals surface area contributed by atoms with Crippen molar-refractivity contribution < 1.29 is 14.1 Å². The molecule has 0 saturated carbocycles. The van der Waals surface area contributed by atoms with Crippen LogP contribution in [0.3, 0.4) is 0 Å². The predicted octanol–water partition coefficient (Wildman–Crippen LogP) is 0.234. The average molecular weight is 209 g/mol. The van der Waals surface area contributed by atoms with Crippen LogP contribution >= 0.6 is 0 Å². The first-order chi connectivity index (χ1) is 7.22. The zero-order valence-corrected chi connectivity index (χ0v) is 8.27. The average Bonchev–Trinajstić information content (AvgIpc) is 2.78. The van der Waals surface area contributed by atoms with Crippen LogP contribution in [0.5, 0.6) is 0 Å². The number of anilines is 1. The lowest BCUT2D eigenvalue weighted by Crippen LogP contribution is -2.34. The number of hydrogen-bond donors (Lipinski definition) is 1. The maximum absolute atomic E-state index is 11.7. The van der Waals surface area contributed by atoms with Crippen LogP contribution in [-0.2, 0) is 9.59 Å². The molecule has 2 amide bonds. The summed E-state index contributed by atoms with van der Waals surface area (Å²) in [5, 5.41) is 6.40. The number of likely N-dealkylation sites (N-methyl/N-ethyl adjacent to an activating group) is 1. The van der Waals surface area contributed by atoms with E-state index in [1.807, 2.05) is 0 Å². The van der Waals surface area contributed by atoms with E-state index in [0.29, 0.717) is 12.2 Å². The summed E-state index contributed by atoms with van der Waals surface area (Å²) >= 11 is 0. The van der Waals surface area contributed by atoms with Crippen LogP contribution in [0.15, 0.2) is 17.0 Å². The second-order valence-electron chi connectivity index (χ2n) is 3.29. The number of amides is 2. The summed E-state index contributed by atoms with van der Waals surface area (Å²) in [4.78, 5) is 24.3. The molecular formula is C9H11N3O3. The SMILES string of the molecule is CCN1C(=O)CC(Nc2cnoc2)C1=O. The summed E-state index contributed by atoms with van der Waals surface area (Å²) in [7, 11) is 0. The zero-order chi connectivity index (χ0) is 10.8. The molecule has 6 heteroatoms. The molecule has 0 spiro atoms. The minimum absolute atomic E-state index is 0.142. The molecule has 1 aromatic rings. The summed E-state index contributed by atoms with van der Waals surface area (Å²) in [6.45, 7) is 2.19. The number of imide groups is 1. The molecule has 1 saturated heterocycles. The van der Waals surface area contributed by atoms with Crippen LogP contribution in [-0.4, -0.2) is 34.5 Å². The van der Waals surface area contributed by atoms with E-state index in [9.17, 15) is 9.59 Å². The van der Waals surface area contributed by atoms with Crippen molar-refractivity contribution in [1.82, 2.24) is 10.1 Å². The Hall–Kier alpha value is -1.85. The van der Waals surface area contributed by atoms with E-state index in [4.69, 9.17) is 0 Å². The molecule has 1 aliphatic rings. The first kappa shape index (κ1) is 9.70. The summed E-state index contributed by atoms with van der Waals surface area (Å²) in [6, 6.07) is -0.489. The molecule has 1 atom stereocenters. The Morgan fingerprint density at radius 1 is 1.67 bits per heavy atom. The Balaban J connectivity index is 2.06. The van der Waals surface area contributed by atoms with Gasteiger partial charge in [0.15, 0.2) is 0 Å². The Morgan fingerprint density at radius 2 is 2.47 bits per heavy atom. The third kappa shape index (κ3) is 1.70. The fraction of sp³-hybridized carbons (Fsp3) is 0.444. The highest BCUT2D eigenvalue weighted by Gasteiger charge is 2.37. The summed E-state index contributed by atoms with van der Waals surface area (Å²) < 4.78 is 4.62. The molecule has 1 N–H and O–H groups in total. The fourth-order valence-electron chi connectivity index (χ4n) is 1.61. The monoisotopic (exact) mass is 209 g/mol. The van der Waals surface area contributed by atoms with E-state index in [0.717, 1.165) is 0 Å². The standard InChI is InChI=1S/C9H11N3O3/c1-2-12-8(13)3-7(9(12)14)11-6-4-10-15-5-6/h4-5,7,11H,2-3H2,1H3. The molecule has 1 aromatic heterocycles. The van der Waals surface area contributed by atoms with Crippen LogP contribution in [0.4, 0.5) is 5.69 Å². The topological polar surface area (TPSA) is 75.4 Å². The van der Waals surface area contributed by atoms with Crippen LogP contribution in [0.1, 0.15) is 13.3 Å². The van der Waals surface area contributed by atoms with Gasteiger partial charge in [0, 0.05) is 6.54 Å². The summed E-state index contributed by atoms with van der Waals surface area (Å²) in [6.07, 6.45) is 3.05. The Bertz CT molecular complexity index is 374. The second kappa shape index (κ2) is 3.72. The summed E-state index contributed by atoms with van der Waals surface area (Å²) in [5.74, 6) is -0.333. The quantitative estimate of drug-likeness (QED) is 0.721. The van der Waals surface area contributed by atoms with Crippen molar-refractivity contribution in [2.75, 3.05) is 11.9 Å². The van der Waals surface area contributed by atoms with Gasteiger partial charge in [0.25, 0.3) is 5.91 Å². The maximum atomic E-state index is 11.7. The normalized spacial score (nSPS) is 21.1. The highest BCUT2D eigenvalue weighted by atomic mass is 16.5. The lowest BCUT2D eigenvalue weighted by Gasteiger charge is -2.12. The second-order valence-corrected chi connectivity index (χ2v) is 3.29. The third-order valence-electron chi connectivity index (χ3n) is 2.33. The van der Waals surface area contributed by atoms with Crippen molar-refractivity contribution in [3.63, 3.8) is 0 Å². The molecule has 1 fully saturated rings. The van der Waals surface area contributed by atoms with Gasteiger partial charge in [-0.1, -0.05) is 5.16 Å². The van der Waals surface area contributed by atoms with Gasteiger partial charge in [0.05, 0.1) is 18.3 Å². The van der Waals surface area contributed by atoms with Gasteiger partial charge in [0.1, 0.15) is 12.3 Å². The van der Waals surface area contributed by atoms with Gasteiger partial charge in [0.2, 0.25) is 5.91 Å². The number of carbonyl (C=O) groups is 2. The van der Waals surface area contributed by atoms with E-state index < -0.39 is 6.04 Å². The van der Waals surface area contributed by atoms with Crippen molar-refractivity contribution in [3.05, 3.63) is 12.5 Å². The number of aromatic nitrogens is 1. The molecule has 0 radical (unpaired) electrons. The van der Waals surface area contributed by atoms with E-state index in [-0.39, 0.29) is 18.2 Å². The molecule has 80 valence electrons. The Kier molecular flexibility index (Phi) is 2.40. The van der Waals surface area contributed by atoms with Gasteiger partial charge in [-0.2, -0.15) is 0 Å². The van der Waals surface area contributed by atoms with Crippen LogP contribution in [0.25, 0.3) is 0 Å². The number of likely N-dealkylation sites (tertiary alicyclic amines) is 1. The fourth-order valence-corrected chi connectivity index (χ4v) is 1.61. The van der Waals surface area contributed by atoms with Gasteiger partial charge < -0.3 is 9.84 Å². The van der Waals surface area contributed by atoms with Gasteiger partial charge >= 0.3 is 0 Å². The van der Waals surface area contributed by atoms with Crippen LogP contribution < -0.4 is 5.32 Å². The third-order valence-corrected chi connectivity index (χ3v) is 2.33. The number of nitrogens with zero attached hydrogens (tertiary/aromatic N) is 2.